The third-order valence-electron chi connectivity index (χ3n) is 3.11. The van der Waals surface area contributed by atoms with Gasteiger partial charge in [0, 0.05) is 35.6 Å². The van der Waals surface area contributed by atoms with Crippen molar-refractivity contribution in [1.82, 2.24) is 15.3 Å². The SMILES string of the molecule is CCNc1ncc(C)c(Nc2cccc(C(=O)NC(C)C)c2)n1. The minimum absolute atomic E-state index is 0.0867. The summed E-state index contributed by atoms with van der Waals surface area (Å²) in [7, 11) is 0. The average Bonchev–Trinajstić information content (AvgIpc) is 2.50. The van der Waals surface area contributed by atoms with Gasteiger partial charge in [0.25, 0.3) is 5.91 Å². The average molecular weight is 313 g/mol. The van der Waals surface area contributed by atoms with Gasteiger partial charge in [-0.2, -0.15) is 4.98 Å². The molecule has 0 saturated carbocycles. The molecule has 1 heterocycles. The van der Waals surface area contributed by atoms with E-state index in [1.807, 2.05) is 45.9 Å². The first-order valence-electron chi connectivity index (χ1n) is 7.75. The van der Waals surface area contributed by atoms with E-state index < -0.39 is 0 Å². The molecule has 1 aromatic heterocycles. The Morgan fingerprint density at radius 1 is 1.30 bits per heavy atom. The Bertz CT molecular complexity index is 684. The number of carbonyl (C=O) groups excluding carboxylic acids is 1. The molecular weight excluding hydrogens is 290 g/mol. The third-order valence-corrected chi connectivity index (χ3v) is 3.11. The van der Waals surface area contributed by atoms with E-state index in [0.29, 0.717) is 11.5 Å². The number of nitrogens with one attached hydrogen (secondary N) is 3. The summed E-state index contributed by atoms with van der Waals surface area (Å²) in [4.78, 5) is 20.8. The fourth-order valence-electron chi connectivity index (χ4n) is 2.03. The van der Waals surface area contributed by atoms with Crippen LogP contribution in [0, 0.1) is 6.92 Å². The van der Waals surface area contributed by atoms with E-state index in [0.717, 1.165) is 23.6 Å². The van der Waals surface area contributed by atoms with Gasteiger partial charge in [-0.15, -0.1) is 0 Å². The van der Waals surface area contributed by atoms with Crippen molar-refractivity contribution in [2.24, 2.45) is 0 Å². The van der Waals surface area contributed by atoms with Crippen molar-refractivity contribution in [3.63, 3.8) is 0 Å². The highest BCUT2D eigenvalue weighted by Crippen LogP contribution is 2.20. The van der Waals surface area contributed by atoms with Gasteiger partial charge in [0.1, 0.15) is 5.82 Å². The van der Waals surface area contributed by atoms with Crippen molar-refractivity contribution in [1.29, 1.82) is 0 Å². The Hall–Kier alpha value is -2.63. The number of rotatable bonds is 6. The van der Waals surface area contributed by atoms with E-state index in [4.69, 9.17) is 0 Å². The van der Waals surface area contributed by atoms with Crippen LogP contribution in [0.4, 0.5) is 17.5 Å². The van der Waals surface area contributed by atoms with Crippen LogP contribution in [0.25, 0.3) is 0 Å². The van der Waals surface area contributed by atoms with Crippen molar-refractivity contribution in [2.75, 3.05) is 17.2 Å². The molecule has 3 N–H and O–H groups in total. The predicted octanol–water partition coefficient (Wildman–Crippen LogP) is 3.10. The van der Waals surface area contributed by atoms with Gasteiger partial charge >= 0.3 is 0 Å². The van der Waals surface area contributed by atoms with Crippen LogP contribution in [-0.4, -0.2) is 28.5 Å². The van der Waals surface area contributed by atoms with Crippen LogP contribution in [0.3, 0.4) is 0 Å². The largest absolute Gasteiger partial charge is 0.354 e. The number of amides is 1. The Kier molecular flexibility index (Phi) is 5.51. The Morgan fingerprint density at radius 3 is 2.78 bits per heavy atom. The number of aryl methyl sites for hydroxylation is 1. The van der Waals surface area contributed by atoms with Gasteiger partial charge < -0.3 is 16.0 Å². The second kappa shape index (κ2) is 7.58. The van der Waals surface area contributed by atoms with E-state index in [9.17, 15) is 4.79 Å². The fraction of sp³-hybridized carbons (Fsp3) is 0.353. The van der Waals surface area contributed by atoms with Crippen molar-refractivity contribution < 1.29 is 4.79 Å². The number of hydrogen-bond acceptors (Lipinski definition) is 5. The second-order valence-electron chi connectivity index (χ2n) is 5.59. The smallest absolute Gasteiger partial charge is 0.251 e. The van der Waals surface area contributed by atoms with Gasteiger partial charge in [0.05, 0.1) is 0 Å². The zero-order valence-corrected chi connectivity index (χ0v) is 14.0. The summed E-state index contributed by atoms with van der Waals surface area (Å²) < 4.78 is 0. The number of aromatic nitrogens is 2. The van der Waals surface area contributed by atoms with E-state index in [1.165, 1.54) is 0 Å². The number of anilines is 3. The van der Waals surface area contributed by atoms with Crippen LogP contribution in [0.15, 0.2) is 30.5 Å². The van der Waals surface area contributed by atoms with Gasteiger partial charge in [-0.05, 0) is 45.9 Å². The molecule has 1 aromatic carbocycles. The zero-order valence-electron chi connectivity index (χ0n) is 14.0. The summed E-state index contributed by atoms with van der Waals surface area (Å²) in [6, 6.07) is 7.46. The van der Waals surface area contributed by atoms with Crippen LogP contribution in [0.5, 0.6) is 0 Å². The van der Waals surface area contributed by atoms with E-state index in [2.05, 4.69) is 25.9 Å². The lowest BCUT2D eigenvalue weighted by molar-refractivity contribution is 0.0943. The van der Waals surface area contributed by atoms with Crippen molar-refractivity contribution in [3.05, 3.63) is 41.6 Å². The fourth-order valence-corrected chi connectivity index (χ4v) is 2.03. The maximum Gasteiger partial charge on any atom is 0.251 e. The predicted molar refractivity (Wildman–Crippen MR) is 93.3 cm³/mol. The van der Waals surface area contributed by atoms with Crippen LogP contribution in [0.1, 0.15) is 36.7 Å². The summed E-state index contributed by atoms with van der Waals surface area (Å²) in [5.74, 6) is 1.21. The molecule has 0 atom stereocenters. The van der Waals surface area contributed by atoms with Crippen LogP contribution >= 0.6 is 0 Å². The number of benzene rings is 1. The summed E-state index contributed by atoms with van der Waals surface area (Å²) in [5, 5.41) is 9.22. The number of nitrogens with zero attached hydrogens (tertiary/aromatic N) is 2. The molecule has 6 heteroatoms. The molecule has 0 spiro atoms. The third kappa shape index (κ3) is 4.67. The Balaban J connectivity index is 2.20. The molecule has 122 valence electrons. The molecule has 23 heavy (non-hydrogen) atoms. The molecule has 6 nitrogen and oxygen atoms in total. The van der Waals surface area contributed by atoms with Crippen LogP contribution in [0.2, 0.25) is 0 Å². The molecule has 1 amide bonds. The molecule has 2 rings (SSSR count). The normalized spacial score (nSPS) is 10.5. The van der Waals surface area contributed by atoms with E-state index >= 15 is 0 Å². The Morgan fingerprint density at radius 2 is 2.09 bits per heavy atom. The minimum Gasteiger partial charge on any atom is -0.354 e. The highest BCUT2D eigenvalue weighted by atomic mass is 16.1. The second-order valence-corrected chi connectivity index (χ2v) is 5.59. The topological polar surface area (TPSA) is 78.9 Å². The first-order valence-corrected chi connectivity index (χ1v) is 7.75. The number of carbonyl (C=O) groups is 1. The van der Waals surface area contributed by atoms with E-state index in [-0.39, 0.29) is 11.9 Å². The summed E-state index contributed by atoms with van der Waals surface area (Å²) >= 11 is 0. The standard InChI is InChI=1S/C17H23N5O/c1-5-18-17-19-10-12(4)15(22-17)21-14-8-6-7-13(9-14)16(23)20-11(2)3/h6-11H,5H2,1-4H3,(H,20,23)(H2,18,19,21,22). The molecule has 0 radical (unpaired) electrons. The molecule has 0 aliphatic carbocycles. The summed E-state index contributed by atoms with van der Waals surface area (Å²) in [6.07, 6.45) is 1.77. The lowest BCUT2D eigenvalue weighted by atomic mass is 10.1. The lowest BCUT2D eigenvalue weighted by Gasteiger charge is -2.12. The zero-order chi connectivity index (χ0) is 16.8. The van der Waals surface area contributed by atoms with Crippen LogP contribution in [-0.2, 0) is 0 Å². The quantitative estimate of drug-likeness (QED) is 0.764. The highest BCUT2D eigenvalue weighted by Gasteiger charge is 2.09. The highest BCUT2D eigenvalue weighted by molar-refractivity contribution is 5.95. The van der Waals surface area contributed by atoms with Gasteiger partial charge in [0.15, 0.2) is 0 Å². The first-order chi connectivity index (χ1) is 11.0. The number of hydrogen-bond donors (Lipinski definition) is 3. The first kappa shape index (κ1) is 16.7. The maximum absolute atomic E-state index is 12.1. The molecule has 0 aliphatic heterocycles. The van der Waals surface area contributed by atoms with Crippen LogP contribution < -0.4 is 16.0 Å². The van der Waals surface area contributed by atoms with Crippen molar-refractivity contribution in [3.8, 4) is 0 Å². The summed E-state index contributed by atoms with van der Waals surface area (Å²) in [6.45, 7) is 8.56. The molecule has 0 fully saturated rings. The van der Waals surface area contributed by atoms with Gasteiger partial charge in [-0.1, -0.05) is 6.07 Å². The van der Waals surface area contributed by atoms with E-state index in [1.54, 1.807) is 12.3 Å². The Labute approximate surface area is 136 Å². The monoisotopic (exact) mass is 313 g/mol. The van der Waals surface area contributed by atoms with Gasteiger partial charge in [-0.25, -0.2) is 4.98 Å². The molecule has 0 bridgehead atoms. The van der Waals surface area contributed by atoms with Crippen molar-refractivity contribution in [2.45, 2.75) is 33.7 Å². The molecule has 0 unspecified atom stereocenters. The maximum atomic E-state index is 12.1. The molecule has 0 saturated heterocycles. The minimum atomic E-state index is -0.0867. The van der Waals surface area contributed by atoms with Crippen molar-refractivity contribution >= 4 is 23.4 Å². The molecule has 2 aromatic rings. The molecular formula is C17H23N5O. The van der Waals surface area contributed by atoms with Gasteiger partial charge in [0.2, 0.25) is 5.95 Å². The summed E-state index contributed by atoms with van der Waals surface area (Å²) in [5.41, 5.74) is 2.36. The van der Waals surface area contributed by atoms with Gasteiger partial charge in [-0.3, -0.25) is 4.79 Å². The lowest BCUT2D eigenvalue weighted by Crippen LogP contribution is -2.30. The molecule has 0 aliphatic rings.